The number of benzene rings is 1. The van der Waals surface area contributed by atoms with Gasteiger partial charge in [-0.05, 0) is 19.4 Å². The van der Waals surface area contributed by atoms with Gasteiger partial charge >= 0.3 is 0 Å². The first kappa shape index (κ1) is 20.2. The molecule has 1 aromatic rings. The van der Waals surface area contributed by atoms with Gasteiger partial charge in [-0.3, -0.25) is 4.79 Å². The van der Waals surface area contributed by atoms with Crippen molar-refractivity contribution < 1.29 is 9.90 Å². The molecule has 0 radical (unpaired) electrons. The highest BCUT2D eigenvalue weighted by Crippen LogP contribution is 2.21. The minimum Gasteiger partial charge on any atom is -0.386 e. The Morgan fingerprint density at radius 3 is 2.27 bits per heavy atom. The van der Waals surface area contributed by atoms with Crippen LogP contribution in [0.3, 0.4) is 0 Å². The zero-order valence-corrected chi connectivity index (χ0v) is 14.6. The predicted molar refractivity (Wildman–Crippen MR) is 92.2 cm³/mol. The SMILES string of the molecule is CC.CC#CC[C@H](C)C(=O)N(C)[C@H](C)C(O)c1ccccc1. The molecule has 0 heterocycles. The molecule has 0 saturated heterocycles. The average molecular weight is 303 g/mol. The fraction of sp³-hybridized carbons (Fsp3) is 0.526. The maximum Gasteiger partial charge on any atom is 0.226 e. The van der Waals surface area contributed by atoms with Crippen LogP contribution in [0, 0.1) is 17.8 Å². The Hall–Kier alpha value is -1.79. The Balaban J connectivity index is 0.00000211. The number of carbonyl (C=O) groups is 1. The normalized spacial score (nSPS) is 13.6. The molecule has 0 fully saturated rings. The van der Waals surface area contributed by atoms with Crippen molar-refractivity contribution in [3.05, 3.63) is 35.9 Å². The number of nitrogens with zero attached hydrogens (tertiary/aromatic N) is 1. The summed E-state index contributed by atoms with van der Waals surface area (Å²) in [5.74, 6) is 5.58. The second-order valence-corrected chi connectivity index (χ2v) is 5.08. The first-order valence-corrected chi connectivity index (χ1v) is 7.88. The van der Waals surface area contributed by atoms with Crippen LogP contribution in [0.2, 0.25) is 0 Å². The van der Waals surface area contributed by atoms with Crippen LogP contribution >= 0.6 is 0 Å². The Bertz CT molecular complexity index is 487. The molecular formula is C19H29NO2. The molecule has 0 aliphatic rings. The summed E-state index contributed by atoms with van der Waals surface area (Å²) in [6.07, 6.45) is -0.136. The lowest BCUT2D eigenvalue weighted by Gasteiger charge is -2.31. The number of aliphatic hydroxyl groups is 1. The molecule has 3 nitrogen and oxygen atoms in total. The number of likely N-dealkylation sites (N-methyl/N-ethyl adjacent to an activating group) is 1. The van der Waals surface area contributed by atoms with E-state index in [4.69, 9.17) is 0 Å². The number of carbonyl (C=O) groups excluding carboxylic acids is 1. The van der Waals surface area contributed by atoms with Gasteiger partial charge in [0, 0.05) is 19.4 Å². The molecule has 1 rings (SSSR count). The summed E-state index contributed by atoms with van der Waals surface area (Å²) in [5, 5.41) is 10.3. The molecule has 1 unspecified atom stereocenters. The van der Waals surface area contributed by atoms with Crippen molar-refractivity contribution in [1.29, 1.82) is 0 Å². The van der Waals surface area contributed by atoms with Gasteiger partial charge in [0.05, 0.1) is 12.1 Å². The third kappa shape index (κ3) is 5.91. The number of hydrogen-bond donors (Lipinski definition) is 1. The topological polar surface area (TPSA) is 40.5 Å². The summed E-state index contributed by atoms with van der Waals surface area (Å²) in [7, 11) is 1.73. The van der Waals surface area contributed by atoms with Gasteiger partial charge < -0.3 is 10.0 Å². The molecule has 3 atom stereocenters. The molecule has 0 aliphatic heterocycles. The van der Waals surface area contributed by atoms with E-state index in [-0.39, 0.29) is 17.9 Å². The smallest absolute Gasteiger partial charge is 0.226 e. The fourth-order valence-corrected chi connectivity index (χ4v) is 2.03. The van der Waals surface area contributed by atoms with E-state index in [0.717, 1.165) is 5.56 Å². The Morgan fingerprint density at radius 2 is 1.77 bits per heavy atom. The molecule has 0 bridgehead atoms. The van der Waals surface area contributed by atoms with Crippen LogP contribution in [-0.4, -0.2) is 29.0 Å². The van der Waals surface area contributed by atoms with Gasteiger partial charge in [-0.15, -0.1) is 11.8 Å². The fourth-order valence-electron chi connectivity index (χ4n) is 2.03. The van der Waals surface area contributed by atoms with Crippen LogP contribution < -0.4 is 0 Å². The van der Waals surface area contributed by atoms with Gasteiger partial charge in [0.2, 0.25) is 5.91 Å². The lowest BCUT2D eigenvalue weighted by atomic mass is 10.0. The summed E-state index contributed by atoms with van der Waals surface area (Å²) in [6.45, 7) is 9.49. The van der Waals surface area contributed by atoms with Crippen molar-refractivity contribution >= 4 is 5.91 Å². The van der Waals surface area contributed by atoms with E-state index in [1.54, 1.807) is 18.9 Å². The van der Waals surface area contributed by atoms with Crippen LogP contribution in [-0.2, 0) is 4.79 Å². The average Bonchev–Trinajstić information content (AvgIpc) is 2.59. The maximum absolute atomic E-state index is 12.3. The van der Waals surface area contributed by atoms with E-state index in [1.165, 1.54) is 0 Å². The Kier molecular flexibility index (Phi) is 9.98. The van der Waals surface area contributed by atoms with Gasteiger partial charge in [0.15, 0.2) is 0 Å². The summed E-state index contributed by atoms with van der Waals surface area (Å²) in [4.78, 5) is 13.9. The van der Waals surface area contributed by atoms with Crippen LogP contribution in [0.5, 0.6) is 0 Å². The quantitative estimate of drug-likeness (QED) is 0.844. The number of rotatable bonds is 5. The standard InChI is InChI=1S/C17H23NO2.C2H6/c1-5-6-10-13(2)17(20)18(4)14(3)16(19)15-11-8-7-9-12-15;1-2/h7-9,11-14,16,19H,10H2,1-4H3;1-2H3/t13-,14+,16?;/m0./s1. The van der Waals surface area contributed by atoms with E-state index < -0.39 is 6.10 Å². The molecule has 0 aromatic heterocycles. The van der Waals surface area contributed by atoms with Crippen LogP contribution in [0.25, 0.3) is 0 Å². The lowest BCUT2D eigenvalue weighted by Crippen LogP contribution is -2.41. The van der Waals surface area contributed by atoms with E-state index in [1.807, 2.05) is 58.0 Å². The summed E-state index contributed by atoms with van der Waals surface area (Å²) in [5.41, 5.74) is 0.820. The monoisotopic (exact) mass is 303 g/mol. The van der Waals surface area contributed by atoms with Crippen LogP contribution in [0.1, 0.15) is 52.7 Å². The second-order valence-electron chi connectivity index (χ2n) is 5.08. The predicted octanol–water partition coefficient (Wildman–Crippen LogP) is 3.64. The second kappa shape index (κ2) is 10.9. The van der Waals surface area contributed by atoms with E-state index in [9.17, 15) is 9.90 Å². The third-order valence-corrected chi connectivity index (χ3v) is 3.56. The minimum atomic E-state index is -0.686. The van der Waals surface area contributed by atoms with Crippen molar-refractivity contribution in [3.63, 3.8) is 0 Å². The molecular weight excluding hydrogens is 274 g/mol. The molecule has 122 valence electrons. The molecule has 1 N–H and O–H groups in total. The maximum atomic E-state index is 12.3. The van der Waals surface area contributed by atoms with E-state index >= 15 is 0 Å². The Labute approximate surface area is 135 Å². The molecule has 3 heteroatoms. The first-order chi connectivity index (χ1) is 10.5. The van der Waals surface area contributed by atoms with Crippen LogP contribution in [0.4, 0.5) is 0 Å². The lowest BCUT2D eigenvalue weighted by molar-refractivity contribution is -0.137. The Morgan fingerprint density at radius 1 is 1.23 bits per heavy atom. The van der Waals surface area contributed by atoms with Crippen molar-refractivity contribution in [2.24, 2.45) is 5.92 Å². The van der Waals surface area contributed by atoms with Gasteiger partial charge in [-0.25, -0.2) is 0 Å². The highest BCUT2D eigenvalue weighted by molar-refractivity contribution is 5.78. The van der Waals surface area contributed by atoms with Crippen molar-refractivity contribution in [3.8, 4) is 11.8 Å². The van der Waals surface area contributed by atoms with Gasteiger partial charge in [0.25, 0.3) is 0 Å². The van der Waals surface area contributed by atoms with E-state index in [2.05, 4.69) is 11.8 Å². The van der Waals surface area contributed by atoms with Gasteiger partial charge in [-0.2, -0.15) is 0 Å². The van der Waals surface area contributed by atoms with Gasteiger partial charge in [-0.1, -0.05) is 51.1 Å². The van der Waals surface area contributed by atoms with Crippen molar-refractivity contribution in [2.45, 2.75) is 53.2 Å². The third-order valence-electron chi connectivity index (χ3n) is 3.56. The molecule has 0 saturated carbocycles. The first-order valence-electron chi connectivity index (χ1n) is 7.88. The zero-order chi connectivity index (χ0) is 17.1. The van der Waals surface area contributed by atoms with Crippen molar-refractivity contribution in [1.82, 2.24) is 4.90 Å². The summed E-state index contributed by atoms with van der Waals surface area (Å²) < 4.78 is 0. The molecule has 1 aromatic carbocycles. The molecule has 0 aliphatic carbocycles. The summed E-state index contributed by atoms with van der Waals surface area (Å²) in [6, 6.07) is 9.12. The molecule has 1 amide bonds. The number of aliphatic hydroxyl groups excluding tert-OH is 1. The van der Waals surface area contributed by atoms with E-state index in [0.29, 0.717) is 6.42 Å². The largest absolute Gasteiger partial charge is 0.386 e. The van der Waals surface area contributed by atoms with Crippen molar-refractivity contribution in [2.75, 3.05) is 7.05 Å². The number of hydrogen-bond acceptors (Lipinski definition) is 2. The number of amides is 1. The summed E-state index contributed by atoms with van der Waals surface area (Å²) >= 11 is 0. The minimum absolute atomic E-state index is 0.00947. The van der Waals surface area contributed by atoms with Crippen LogP contribution in [0.15, 0.2) is 30.3 Å². The zero-order valence-electron chi connectivity index (χ0n) is 14.6. The van der Waals surface area contributed by atoms with Gasteiger partial charge in [0.1, 0.15) is 0 Å². The highest BCUT2D eigenvalue weighted by atomic mass is 16.3. The molecule has 0 spiro atoms. The molecule has 22 heavy (non-hydrogen) atoms. The highest BCUT2D eigenvalue weighted by Gasteiger charge is 2.26.